The SMILES string of the molecule is O=[N+]([O-])c1sccc1C(CCS(=O)(=O)N1CCC(O)CC1)S(=O)(=O)Oc1ccc(N(CCCl)CCCl)cc1. The first-order valence-electron chi connectivity index (χ1n) is 11.8. The van der Waals surface area contributed by atoms with Gasteiger partial charge in [0.25, 0.3) is 0 Å². The first-order chi connectivity index (χ1) is 18.0. The highest BCUT2D eigenvalue weighted by Gasteiger charge is 2.38. The third-order valence-corrected chi connectivity index (χ3v) is 10.8. The Balaban J connectivity index is 1.85. The van der Waals surface area contributed by atoms with Crippen molar-refractivity contribution in [2.75, 3.05) is 48.6 Å². The zero-order valence-electron chi connectivity index (χ0n) is 20.3. The number of nitro groups is 1. The molecule has 1 aromatic heterocycles. The summed E-state index contributed by atoms with van der Waals surface area (Å²) in [5.74, 6) is 0.145. The molecule has 0 radical (unpaired) electrons. The molecule has 1 fully saturated rings. The lowest BCUT2D eigenvalue weighted by Gasteiger charge is -2.29. The highest BCUT2D eigenvalue weighted by atomic mass is 35.5. The lowest BCUT2D eigenvalue weighted by molar-refractivity contribution is -0.380. The smallest absolute Gasteiger partial charge is 0.328 e. The minimum absolute atomic E-state index is 0.0267. The molecule has 1 saturated heterocycles. The summed E-state index contributed by atoms with van der Waals surface area (Å²) in [6, 6.07) is 7.47. The number of hydrogen-bond acceptors (Lipinski definition) is 10. The number of thiophene rings is 1. The Hall–Kier alpha value is -1.68. The molecule has 2 aromatic rings. The van der Waals surface area contributed by atoms with Crippen molar-refractivity contribution in [2.45, 2.75) is 30.6 Å². The van der Waals surface area contributed by atoms with Gasteiger partial charge in [0.2, 0.25) is 10.0 Å². The molecule has 0 spiro atoms. The largest absolute Gasteiger partial charge is 0.393 e. The van der Waals surface area contributed by atoms with Gasteiger partial charge in [-0.2, -0.15) is 8.42 Å². The van der Waals surface area contributed by atoms with Crippen molar-refractivity contribution in [2.24, 2.45) is 0 Å². The fourth-order valence-electron chi connectivity index (χ4n) is 4.14. The van der Waals surface area contributed by atoms with Crippen molar-refractivity contribution in [1.82, 2.24) is 4.31 Å². The topological polar surface area (TPSA) is 147 Å². The lowest BCUT2D eigenvalue weighted by Crippen LogP contribution is -2.41. The van der Waals surface area contributed by atoms with E-state index in [0.717, 1.165) is 17.0 Å². The van der Waals surface area contributed by atoms with Gasteiger partial charge < -0.3 is 14.2 Å². The van der Waals surface area contributed by atoms with Crippen LogP contribution < -0.4 is 9.08 Å². The maximum atomic E-state index is 13.4. The van der Waals surface area contributed by atoms with Crippen LogP contribution in [0.2, 0.25) is 0 Å². The predicted octanol–water partition coefficient (Wildman–Crippen LogP) is 3.57. The van der Waals surface area contributed by atoms with Crippen LogP contribution in [0.4, 0.5) is 10.7 Å². The second-order valence-corrected chi connectivity index (χ2v) is 14.1. The quantitative estimate of drug-likeness (QED) is 0.143. The summed E-state index contributed by atoms with van der Waals surface area (Å²) in [5.41, 5.74) is 0.620. The van der Waals surface area contributed by atoms with Crippen LogP contribution in [0.25, 0.3) is 0 Å². The molecule has 212 valence electrons. The number of halogens is 2. The van der Waals surface area contributed by atoms with Crippen LogP contribution in [0.3, 0.4) is 0 Å². The Morgan fingerprint density at radius 1 is 1.11 bits per heavy atom. The molecule has 1 unspecified atom stereocenters. The van der Waals surface area contributed by atoms with Gasteiger partial charge in [0, 0.05) is 43.6 Å². The summed E-state index contributed by atoms with van der Waals surface area (Å²) in [6.45, 7) is 1.29. The number of rotatable bonds is 14. The van der Waals surface area contributed by atoms with Crippen LogP contribution in [0.1, 0.15) is 30.1 Å². The predicted molar refractivity (Wildman–Crippen MR) is 149 cm³/mol. The highest BCUT2D eigenvalue weighted by Crippen LogP contribution is 2.39. The number of aliphatic hydroxyl groups is 1. The van der Waals surface area contributed by atoms with E-state index in [1.54, 1.807) is 12.1 Å². The van der Waals surface area contributed by atoms with Crippen molar-refractivity contribution < 1.29 is 31.0 Å². The van der Waals surface area contributed by atoms with E-state index in [-0.39, 0.29) is 37.2 Å². The third-order valence-electron chi connectivity index (χ3n) is 6.11. The van der Waals surface area contributed by atoms with Crippen molar-refractivity contribution in [1.29, 1.82) is 0 Å². The molecule has 1 aromatic carbocycles. The molecule has 0 aliphatic carbocycles. The van der Waals surface area contributed by atoms with E-state index in [1.807, 2.05) is 4.90 Å². The van der Waals surface area contributed by atoms with E-state index in [9.17, 15) is 32.1 Å². The number of anilines is 1. The molecule has 1 aliphatic rings. The Labute approximate surface area is 236 Å². The molecule has 16 heteroatoms. The summed E-state index contributed by atoms with van der Waals surface area (Å²) < 4.78 is 59.2. The third kappa shape index (κ3) is 7.93. The van der Waals surface area contributed by atoms with Crippen LogP contribution in [0.5, 0.6) is 5.75 Å². The van der Waals surface area contributed by atoms with E-state index in [0.29, 0.717) is 24.8 Å². The fraction of sp³-hybridized carbons (Fsp3) is 0.545. The molecule has 1 N–H and O–H groups in total. The summed E-state index contributed by atoms with van der Waals surface area (Å²) >= 11 is 12.4. The second kappa shape index (κ2) is 13.6. The molecule has 1 aliphatic heterocycles. The minimum atomic E-state index is -4.55. The van der Waals surface area contributed by atoms with Crippen molar-refractivity contribution in [3.8, 4) is 5.75 Å². The molecule has 2 heterocycles. The van der Waals surface area contributed by atoms with E-state index in [4.69, 9.17) is 27.4 Å². The first kappa shape index (κ1) is 30.9. The average molecular weight is 631 g/mol. The monoisotopic (exact) mass is 629 g/mol. The number of benzene rings is 1. The molecule has 0 amide bonds. The van der Waals surface area contributed by atoms with Gasteiger partial charge in [-0.15, -0.1) is 23.2 Å². The molecule has 3 rings (SSSR count). The number of piperidine rings is 1. The molecular formula is C22H29Cl2N3O8S3. The van der Waals surface area contributed by atoms with Crippen molar-refractivity contribution in [3.63, 3.8) is 0 Å². The van der Waals surface area contributed by atoms with E-state index >= 15 is 0 Å². The average Bonchev–Trinajstić information content (AvgIpc) is 3.34. The fourth-order valence-corrected chi connectivity index (χ4v) is 8.51. The Morgan fingerprint density at radius 3 is 2.26 bits per heavy atom. The number of hydrogen-bond donors (Lipinski definition) is 1. The normalized spacial score (nSPS) is 16.3. The lowest BCUT2D eigenvalue weighted by atomic mass is 10.1. The molecule has 0 saturated carbocycles. The van der Waals surface area contributed by atoms with Crippen molar-refractivity contribution in [3.05, 3.63) is 51.4 Å². The number of nitrogens with zero attached hydrogens (tertiary/aromatic N) is 3. The van der Waals surface area contributed by atoms with Gasteiger partial charge in [-0.25, -0.2) is 12.7 Å². The van der Waals surface area contributed by atoms with E-state index in [1.165, 1.54) is 27.9 Å². The minimum Gasteiger partial charge on any atom is -0.393 e. The van der Waals surface area contributed by atoms with Crippen LogP contribution in [0, 0.1) is 10.1 Å². The standard InChI is InChI=1S/C22H29Cl2N3O8S3/c23-9-13-25(14-10-24)17-1-3-19(4-2-17)35-38(33,34)21(20-7-15-36-22(20)27(29)30)8-16-37(31,32)26-11-5-18(28)6-12-26/h1-4,7,15,18,21,28H,5-6,8-14,16H2. The number of sulfonamides is 1. The van der Waals surface area contributed by atoms with Crippen LogP contribution >= 0.6 is 34.5 Å². The van der Waals surface area contributed by atoms with Crippen LogP contribution in [0.15, 0.2) is 35.7 Å². The Morgan fingerprint density at radius 2 is 1.71 bits per heavy atom. The van der Waals surface area contributed by atoms with Crippen LogP contribution in [-0.2, 0) is 20.1 Å². The van der Waals surface area contributed by atoms with E-state index < -0.39 is 53.6 Å². The molecular weight excluding hydrogens is 601 g/mol. The first-order valence-corrected chi connectivity index (χ1v) is 16.8. The van der Waals surface area contributed by atoms with Gasteiger partial charge in [0.1, 0.15) is 11.0 Å². The van der Waals surface area contributed by atoms with Gasteiger partial charge in [0.05, 0.1) is 22.3 Å². The summed E-state index contributed by atoms with van der Waals surface area (Å²) in [7, 11) is -8.42. The van der Waals surface area contributed by atoms with Gasteiger partial charge >= 0.3 is 15.1 Å². The van der Waals surface area contributed by atoms with Gasteiger partial charge in [-0.1, -0.05) is 11.3 Å². The zero-order chi connectivity index (χ0) is 27.9. The summed E-state index contributed by atoms with van der Waals surface area (Å²) in [6.07, 6.45) is -0.467. The second-order valence-electron chi connectivity index (χ2n) is 8.60. The number of aliphatic hydroxyl groups excluding tert-OH is 1. The Kier molecular flexibility index (Phi) is 11.0. The van der Waals surface area contributed by atoms with Gasteiger partial charge in [-0.3, -0.25) is 10.1 Å². The zero-order valence-corrected chi connectivity index (χ0v) is 24.3. The summed E-state index contributed by atoms with van der Waals surface area (Å²) in [5, 5.41) is 20.6. The maximum Gasteiger partial charge on any atom is 0.328 e. The molecule has 0 bridgehead atoms. The van der Waals surface area contributed by atoms with Gasteiger partial charge in [0.15, 0.2) is 0 Å². The van der Waals surface area contributed by atoms with Crippen molar-refractivity contribution >= 4 is 65.4 Å². The molecule has 1 atom stereocenters. The number of alkyl halides is 2. The van der Waals surface area contributed by atoms with E-state index in [2.05, 4.69) is 0 Å². The Bertz CT molecular complexity index is 1280. The molecule has 11 nitrogen and oxygen atoms in total. The molecule has 38 heavy (non-hydrogen) atoms. The van der Waals surface area contributed by atoms with Crippen LogP contribution in [-0.4, -0.2) is 81.0 Å². The highest BCUT2D eigenvalue weighted by molar-refractivity contribution is 7.89. The maximum absolute atomic E-state index is 13.4. The summed E-state index contributed by atoms with van der Waals surface area (Å²) in [4.78, 5) is 12.8. The van der Waals surface area contributed by atoms with Gasteiger partial charge in [-0.05, 0) is 55.0 Å².